The standard InChI is InChI=1S/C17H22N4/c1-20-10-11-21(17-15(12-18)8-5-9-19-17)16(13-20)14-6-3-2-4-7-14/h2-9,16H,10-13,18H2,1H3. The molecule has 0 amide bonds. The minimum Gasteiger partial charge on any atom is -0.347 e. The van der Waals surface area contributed by atoms with Crippen LogP contribution in [0.2, 0.25) is 0 Å². The second-order valence-electron chi connectivity index (χ2n) is 5.57. The number of hydrogen-bond donors (Lipinski definition) is 1. The summed E-state index contributed by atoms with van der Waals surface area (Å²) in [5.41, 5.74) is 8.34. The lowest BCUT2D eigenvalue weighted by Crippen LogP contribution is -2.47. The molecule has 1 unspecified atom stereocenters. The number of hydrogen-bond acceptors (Lipinski definition) is 4. The summed E-state index contributed by atoms with van der Waals surface area (Å²) < 4.78 is 0. The van der Waals surface area contributed by atoms with E-state index in [1.54, 1.807) is 0 Å². The van der Waals surface area contributed by atoms with E-state index in [0.29, 0.717) is 12.6 Å². The first-order chi connectivity index (χ1) is 10.3. The van der Waals surface area contributed by atoms with Crippen molar-refractivity contribution in [2.45, 2.75) is 12.6 Å². The van der Waals surface area contributed by atoms with Crippen LogP contribution < -0.4 is 10.6 Å². The van der Waals surface area contributed by atoms with Gasteiger partial charge in [0, 0.05) is 37.9 Å². The molecule has 110 valence electrons. The Morgan fingerprint density at radius 2 is 1.95 bits per heavy atom. The van der Waals surface area contributed by atoms with Gasteiger partial charge in [0.15, 0.2) is 0 Å². The Morgan fingerprint density at radius 3 is 2.71 bits per heavy atom. The van der Waals surface area contributed by atoms with Crippen molar-refractivity contribution in [1.29, 1.82) is 0 Å². The SMILES string of the molecule is CN1CCN(c2ncccc2CN)C(c2ccccc2)C1. The van der Waals surface area contributed by atoms with E-state index in [0.717, 1.165) is 31.0 Å². The van der Waals surface area contributed by atoms with Gasteiger partial charge >= 0.3 is 0 Å². The Hall–Kier alpha value is -1.91. The van der Waals surface area contributed by atoms with Crippen molar-refractivity contribution in [3.63, 3.8) is 0 Å². The molecule has 1 aromatic carbocycles. The molecular formula is C17H22N4. The zero-order valence-electron chi connectivity index (χ0n) is 12.4. The van der Waals surface area contributed by atoms with Crippen molar-refractivity contribution < 1.29 is 0 Å². The molecule has 2 N–H and O–H groups in total. The van der Waals surface area contributed by atoms with Crippen LogP contribution in [0.25, 0.3) is 0 Å². The molecule has 1 fully saturated rings. The number of rotatable bonds is 3. The summed E-state index contributed by atoms with van der Waals surface area (Å²) in [5.74, 6) is 1.03. The van der Waals surface area contributed by atoms with Gasteiger partial charge in [-0.05, 0) is 18.7 Å². The molecule has 1 aliphatic rings. The van der Waals surface area contributed by atoms with Crippen LogP contribution in [0.3, 0.4) is 0 Å². The molecule has 0 radical (unpaired) electrons. The van der Waals surface area contributed by atoms with E-state index in [-0.39, 0.29) is 0 Å². The highest BCUT2D eigenvalue weighted by atomic mass is 15.3. The molecule has 0 aliphatic carbocycles. The fourth-order valence-corrected chi connectivity index (χ4v) is 2.98. The highest BCUT2D eigenvalue weighted by Gasteiger charge is 2.28. The Kier molecular flexibility index (Phi) is 4.18. The van der Waals surface area contributed by atoms with Crippen LogP contribution in [0.5, 0.6) is 0 Å². The Balaban J connectivity index is 1.98. The average Bonchev–Trinajstić information content (AvgIpc) is 2.55. The number of aromatic nitrogens is 1. The van der Waals surface area contributed by atoms with E-state index >= 15 is 0 Å². The lowest BCUT2D eigenvalue weighted by atomic mass is 10.0. The molecule has 1 aromatic heterocycles. The van der Waals surface area contributed by atoms with Crippen LogP contribution in [-0.4, -0.2) is 36.6 Å². The third-order valence-electron chi connectivity index (χ3n) is 4.13. The zero-order valence-corrected chi connectivity index (χ0v) is 12.4. The summed E-state index contributed by atoms with van der Waals surface area (Å²) in [7, 11) is 2.18. The van der Waals surface area contributed by atoms with Crippen molar-refractivity contribution in [1.82, 2.24) is 9.88 Å². The maximum absolute atomic E-state index is 5.89. The van der Waals surface area contributed by atoms with Crippen LogP contribution in [0.4, 0.5) is 5.82 Å². The van der Waals surface area contributed by atoms with Gasteiger partial charge in [-0.2, -0.15) is 0 Å². The third-order valence-corrected chi connectivity index (χ3v) is 4.13. The molecule has 0 saturated carbocycles. The number of nitrogens with zero attached hydrogens (tertiary/aromatic N) is 3. The first-order valence-corrected chi connectivity index (χ1v) is 7.43. The lowest BCUT2D eigenvalue weighted by molar-refractivity contribution is 0.268. The van der Waals surface area contributed by atoms with Crippen LogP contribution in [-0.2, 0) is 6.54 Å². The van der Waals surface area contributed by atoms with Gasteiger partial charge in [-0.1, -0.05) is 36.4 Å². The van der Waals surface area contributed by atoms with Crippen LogP contribution in [0.15, 0.2) is 48.7 Å². The fraction of sp³-hybridized carbons (Fsp3) is 0.353. The van der Waals surface area contributed by atoms with E-state index < -0.39 is 0 Å². The molecule has 4 heteroatoms. The maximum atomic E-state index is 5.89. The normalized spacial score (nSPS) is 19.7. The molecular weight excluding hydrogens is 260 g/mol. The second-order valence-corrected chi connectivity index (χ2v) is 5.57. The molecule has 2 aromatic rings. The monoisotopic (exact) mass is 282 g/mol. The number of piperazine rings is 1. The van der Waals surface area contributed by atoms with Crippen molar-refractivity contribution in [2.24, 2.45) is 5.73 Å². The van der Waals surface area contributed by atoms with Crippen LogP contribution in [0.1, 0.15) is 17.2 Å². The van der Waals surface area contributed by atoms with Gasteiger partial charge in [-0.15, -0.1) is 0 Å². The molecule has 3 rings (SSSR count). The van der Waals surface area contributed by atoms with Gasteiger partial charge in [0.05, 0.1) is 6.04 Å². The fourth-order valence-electron chi connectivity index (χ4n) is 2.98. The molecule has 1 atom stereocenters. The van der Waals surface area contributed by atoms with E-state index in [4.69, 9.17) is 5.73 Å². The van der Waals surface area contributed by atoms with Crippen molar-refractivity contribution in [3.05, 3.63) is 59.8 Å². The number of pyridine rings is 1. The minimum atomic E-state index is 0.324. The van der Waals surface area contributed by atoms with Crippen LogP contribution in [0, 0.1) is 0 Å². The van der Waals surface area contributed by atoms with E-state index in [1.807, 2.05) is 12.3 Å². The highest BCUT2D eigenvalue weighted by molar-refractivity contribution is 5.50. The molecule has 0 spiro atoms. The second kappa shape index (κ2) is 6.24. The van der Waals surface area contributed by atoms with Gasteiger partial charge in [-0.3, -0.25) is 0 Å². The first kappa shape index (κ1) is 14.0. The predicted molar refractivity (Wildman–Crippen MR) is 86.2 cm³/mol. The highest BCUT2D eigenvalue weighted by Crippen LogP contribution is 2.30. The summed E-state index contributed by atoms with van der Waals surface area (Å²) >= 11 is 0. The Bertz CT molecular complexity index is 584. The molecule has 21 heavy (non-hydrogen) atoms. The third kappa shape index (κ3) is 2.91. The summed E-state index contributed by atoms with van der Waals surface area (Å²) in [6.45, 7) is 3.55. The quantitative estimate of drug-likeness (QED) is 0.935. The average molecular weight is 282 g/mol. The number of nitrogens with two attached hydrogens (primary N) is 1. The zero-order chi connectivity index (χ0) is 14.7. The van der Waals surface area contributed by atoms with E-state index in [1.165, 1.54) is 5.56 Å². The summed E-state index contributed by atoms with van der Waals surface area (Å²) in [6, 6.07) is 15.0. The summed E-state index contributed by atoms with van der Waals surface area (Å²) in [6.07, 6.45) is 1.86. The molecule has 1 saturated heterocycles. The van der Waals surface area contributed by atoms with E-state index in [2.05, 4.69) is 58.2 Å². The van der Waals surface area contributed by atoms with Crippen molar-refractivity contribution >= 4 is 5.82 Å². The Labute approximate surface area is 126 Å². The molecule has 2 heterocycles. The maximum Gasteiger partial charge on any atom is 0.133 e. The summed E-state index contributed by atoms with van der Waals surface area (Å²) in [4.78, 5) is 9.38. The largest absolute Gasteiger partial charge is 0.347 e. The Morgan fingerprint density at radius 1 is 1.14 bits per heavy atom. The molecule has 0 bridgehead atoms. The van der Waals surface area contributed by atoms with Crippen molar-refractivity contribution in [2.75, 3.05) is 31.6 Å². The number of benzene rings is 1. The molecule has 1 aliphatic heterocycles. The van der Waals surface area contributed by atoms with Gasteiger partial charge in [0.2, 0.25) is 0 Å². The smallest absolute Gasteiger partial charge is 0.133 e. The van der Waals surface area contributed by atoms with Crippen molar-refractivity contribution in [3.8, 4) is 0 Å². The first-order valence-electron chi connectivity index (χ1n) is 7.43. The van der Waals surface area contributed by atoms with Gasteiger partial charge in [0.1, 0.15) is 5.82 Å². The number of likely N-dealkylation sites (N-methyl/N-ethyl adjacent to an activating group) is 1. The summed E-state index contributed by atoms with van der Waals surface area (Å²) in [5, 5.41) is 0. The van der Waals surface area contributed by atoms with E-state index in [9.17, 15) is 0 Å². The molecule has 4 nitrogen and oxygen atoms in total. The van der Waals surface area contributed by atoms with Gasteiger partial charge in [0.25, 0.3) is 0 Å². The number of anilines is 1. The van der Waals surface area contributed by atoms with Gasteiger partial charge < -0.3 is 15.5 Å². The lowest BCUT2D eigenvalue weighted by Gasteiger charge is -2.41. The predicted octanol–water partition coefficient (Wildman–Crippen LogP) is 2.03. The minimum absolute atomic E-state index is 0.324. The van der Waals surface area contributed by atoms with Gasteiger partial charge in [-0.25, -0.2) is 4.98 Å². The van der Waals surface area contributed by atoms with Crippen LogP contribution >= 0.6 is 0 Å². The topological polar surface area (TPSA) is 45.4 Å².